The summed E-state index contributed by atoms with van der Waals surface area (Å²) in [4.78, 5) is 8.32. The third kappa shape index (κ3) is 8.38. The van der Waals surface area contributed by atoms with Crippen LogP contribution in [-0.4, -0.2) is 35.1 Å². The molecule has 5 heteroatoms. The highest BCUT2D eigenvalue weighted by molar-refractivity contribution is 5.79. The molecule has 0 aliphatic carbocycles. The van der Waals surface area contributed by atoms with E-state index in [9.17, 15) is 0 Å². The molecule has 0 amide bonds. The van der Waals surface area contributed by atoms with Crippen molar-refractivity contribution in [1.82, 2.24) is 20.2 Å². The van der Waals surface area contributed by atoms with Gasteiger partial charge in [0.05, 0.1) is 6.33 Å². The van der Waals surface area contributed by atoms with Gasteiger partial charge in [0.25, 0.3) is 0 Å². The van der Waals surface area contributed by atoms with Crippen molar-refractivity contribution in [3.8, 4) is 0 Å². The van der Waals surface area contributed by atoms with Crippen molar-refractivity contribution >= 4 is 5.96 Å². The van der Waals surface area contributed by atoms with E-state index in [1.54, 1.807) is 0 Å². The molecule has 1 heterocycles. The quantitative estimate of drug-likeness (QED) is 0.418. The van der Waals surface area contributed by atoms with E-state index < -0.39 is 0 Å². The summed E-state index contributed by atoms with van der Waals surface area (Å²) >= 11 is 0. The second kappa shape index (κ2) is 10.2. The van der Waals surface area contributed by atoms with E-state index in [-0.39, 0.29) is 0 Å². The number of nitrogens with zero attached hydrogens (tertiary/aromatic N) is 3. The molecule has 0 aromatic carbocycles. The van der Waals surface area contributed by atoms with Gasteiger partial charge in [-0.25, -0.2) is 4.98 Å². The molecule has 1 unspecified atom stereocenters. The average molecular weight is 293 g/mol. The van der Waals surface area contributed by atoms with Crippen LogP contribution in [0.25, 0.3) is 0 Å². The molecule has 1 aromatic heterocycles. The molecule has 2 N–H and O–H groups in total. The number of hydrogen-bond acceptors (Lipinski definition) is 2. The highest BCUT2D eigenvalue weighted by atomic mass is 15.2. The first-order chi connectivity index (χ1) is 10.1. The Labute approximate surface area is 129 Å². The van der Waals surface area contributed by atoms with E-state index in [0.717, 1.165) is 31.4 Å². The van der Waals surface area contributed by atoms with Crippen molar-refractivity contribution < 1.29 is 0 Å². The molecule has 0 saturated heterocycles. The van der Waals surface area contributed by atoms with Gasteiger partial charge in [-0.05, 0) is 25.7 Å². The van der Waals surface area contributed by atoms with Gasteiger partial charge >= 0.3 is 0 Å². The van der Waals surface area contributed by atoms with Gasteiger partial charge in [0, 0.05) is 38.6 Å². The van der Waals surface area contributed by atoms with Crippen molar-refractivity contribution in [2.75, 3.05) is 13.6 Å². The Bertz CT molecular complexity index is 383. The Hall–Kier alpha value is -1.52. The molecule has 0 spiro atoms. The van der Waals surface area contributed by atoms with E-state index >= 15 is 0 Å². The van der Waals surface area contributed by atoms with Gasteiger partial charge in [-0.15, -0.1) is 0 Å². The lowest BCUT2D eigenvalue weighted by molar-refractivity contribution is 0.491. The molecule has 0 bridgehead atoms. The van der Waals surface area contributed by atoms with Crippen LogP contribution < -0.4 is 10.6 Å². The maximum Gasteiger partial charge on any atom is 0.191 e. The number of rotatable bonds is 9. The van der Waals surface area contributed by atoms with Crippen LogP contribution in [0, 0.1) is 5.92 Å². The summed E-state index contributed by atoms with van der Waals surface area (Å²) < 4.78 is 2.09. The average Bonchev–Trinajstić information content (AvgIpc) is 2.95. The number of imidazole rings is 1. The molecule has 0 saturated carbocycles. The molecule has 1 aromatic rings. The van der Waals surface area contributed by atoms with Crippen LogP contribution >= 0.6 is 0 Å². The summed E-state index contributed by atoms with van der Waals surface area (Å²) in [6.45, 7) is 8.67. The van der Waals surface area contributed by atoms with Gasteiger partial charge in [0.1, 0.15) is 0 Å². The zero-order valence-corrected chi connectivity index (χ0v) is 14.0. The van der Waals surface area contributed by atoms with E-state index in [1.165, 1.54) is 19.3 Å². The van der Waals surface area contributed by atoms with Crippen LogP contribution in [0.2, 0.25) is 0 Å². The Morgan fingerprint density at radius 2 is 2.05 bits per heavy atom. The standard InChI is InChI=1S/C16H31N5/c1-14(2)7-5-8-15(3)20-16(17-4)19-9-6-11-21-12-10-18-13-21/h10,12-15H,5-9,11H2,1-4H3,(H2,17,19,20). The Morgan fingerprint density at radius 3 is 2.67 bits per heavy atom. The third-order valence-corrected chi connectivity index (χ3v) is 3.47. The first kappa shape index (κ1) is 17.5. The minimum Gasteiger partial charge on any atom is -0.356 e. The van der Waals surface area contributed by atoms with E-state index in [2.05, 4.69) is 45.9 Å². The third-order valence-electron chi connectivity index (χ3n) is 3.47. The fourth-order valence-electron chi connectivity index (χ4n) is 2.22. The van der Waals surface area contributed by atoms with Gasteiger partial charge in [0.2, 0.25) is 0 Å². The molecular formula is C16H31N5. The number of aryl methyl sites for hydroxylation is 1. The summed E-state index contributed by atoms with van der Waals surface area (Å²) in [7, 11) is 1.83. The van der Waals surface area contributed by atoms with E-state index in [0.29, 0.717) is 6.04 Å². The first-order valence-corrected chi connectivity index (χ1v) is 8.04. The maximum absolute atomic E-state index is 4.28. The van der Waals surface area contributed by atoms with Crippen molar-refractivity contribution in [2.24, 2.45) is 10.9 Å². The summed E-state index contributed by atoms with van der Waals surface area (Å²) in [6.07, 6.45) is 10.5. The smallest absolute Gasteiger partial charge is 0.191 e. The lowest BCUT2D eigenvalue weighted by Crippen LogP contribution is -2.42. The fraction of sp³-hybridized carbons (Fsp3) is 0.750. The lowest BCUT2D eigenvalue weighted by Gasteiger charge is -2.18. The van der Waals surface area contributed by atoms with Crippen molar-refractivity contribution in [2.45, 2.75) is 59.0 Å². The number of hydrogen-bond donors (Lipinski definition) is 2. The minimum absolute atomic E-state index is 0.462. The summed E-state index contributed by atoms with van der Waals surface area (Å²) in [5.74, 6) is 1.69. The molecule has 1 rings (SSSR count). The Balaban J connectivity index is 2.13. The largest absolute Gasteiger partial charge is 0.356 e. The van der Waals surface area contributed by atoms with Gasteiger partial charge in [-0.3, -0.25) is 4.99 Å². The fourth-order valence-corrected chi connectivity index (χ4v) is 2.22. The number of nitrogens with one attached hydrogen (secondary N) is 2. The zero-order valence-electron chi connectivity index (χ0n) is 14.0. The van der Waals surface area contributed by atoms with Crippen molar-refractivity contribution in [1.29, 1.82) is 0 Å². The van der Waals surface area contributed by atoms with Crippen LogP contribution in [0.15, 0.2) is 23.7 Å². The van der Waals surface area contributed by atoms with Gasteiger partial charge in [0.15, 0.2) is 5.96 Å². The highest BCUT2D eigenvalue weighted by Gasteiger charge is 2.05. The van der Waals surface area contributed by atoms with E-state index in [4.69, 9.17) is 0 Å². The number of aromatic nitrogens is 2. The molecule has 0 aliphatic rings. The topological polar surface area (TPSA) is 54.2 Å². The molecule has 21 heavy (non-hydrogen) atoms. The number of aliphatic imine (C=N–C) groups is 1. The second-order valence-electron chi connectivity index (χ2n) is 6.02. The van der Waals surface area contributed by atoms with Crippen LogP contribution in [0.1, 0.15) is 46.5 Å². The lowest BCUT2D eigenvalue weighted by atomic mass is 10.0. The maximum atomic E-state index is 4.28. The normalized spacial score (nSPS) is 13.5. The SMILES string of the molecule is CN=C(NCCCn1ccnc1)NC(C)CCCC(C)C. The second-order valence-corrected chi connectivity index (χ2v) is 6.02. The van der Waals surface area contributed by atoms with Crippen LogP contribution in [0.5, 0.6) is 0 Å². The predicted octanol–water partition coefficient (Wildman–Crippen LogP) is 2.65. The molecular weight excluding hydrogens is 262 g/mol. The summed E-state index contributed by atoms with van der Waals surface area (Å²) in [5, 5.41) is 6.82. The van der Waals surface area contributed by atoms with Gasteiger partial charge in [-0.1, -0.05) is 26.7 Å². The molecule has 120 valence electrons. The predicted molar refractivity (Wildman–Crippen MR) is 89.5 cm³/mol. The zero-order chi connectivity index (χ0) is 15.5. The summed E-state index contributed by atoms with van der Waals surface area (Å²) in [6, 6.07) is 0.462. The van der Waals surface area contributed by atoms with Gasteiger partial charge in [-0.2, -0.15) is 0 Å². The Morgan fingerprint density at radius 1 is 1.24 bits per heavy atom. The molecule has 5 nitrogen and oxygen atoms in total. The van der Waals surface area contributed by atoms with Crippen molar-refractivity contribution in [3.63, 3.8) is 0 Å². The minimum atomic E-state index is 0.462. The Kier molecular flexibility index (Phi) is 8.55. The van der Waals surface area contributed by atoms with E-state index in [1.807, 2.05) is 25.8 Å². The molecule has 0 fully saturated rings. The molecule has 0 aliphatic heterocycles. The van der Waals surface area contributed by atoms with Crippen LogP contribution in [-0.2, 0) is 6.54 Å². The number of guanidine groups is 1. The molecule has 0 radical (unpaired) electrons. The van der Waals surface area contributed by atoms with Gasteiger partial charge < -0.3 is 15.2 Å². The van der Waals surface area contributed by atoms with Crippen molar-refractivity contribution in [3.05, 3.63) is 18.7 Å². The first-order valence-electron chi connectivity index (χ1n) is 8.04. The van der Waals surface area contributed by atoms with Crippen LogP contribution in [0.3, 0.4) is 0 Å². The monoisotopic (exact) mass is 293 g/mol. The molecule has 1 atom stereocenters. The van der Waals surface area contributed by atoms with Crippen LogP contribution in [0.4, 0.5) is 0 Å². The highest BCUT2D eigenvalue weighted by Crippen LogP contribution is 2.08. The summed E-state index contributed by atoms with van der Waals surface area (Å²) in [5.41, 5.74) is 0.